The van der Waals surface area contributed by atoms with Crippen molar-refractivity contribution in [3.63, 3.8) is 0 Å². The fraction of sp³-hybridized carbons (Fsp3) is 0.560. The number of fused-ring (bicyclic) bond motifs is 3. The van der Waals surface area contributed by atoms with Gasteiger partial charge in [-0.05, 0) is 51.4 Å². The molecular weight excluding hydrogens is 456 g/mol. The van der Waals surface area contributed by atoms with Crippen LogP contribution in [0.1, 0.15) is 42.1 Å². The number of nitrogens with two attached hydrogens (primary N) is 1. The summed E-state index contributed by atoms with van der Waals surface area (Å²) in [5.41, 5.74) is 3.07. The molecular formula is C25H32N2O8. The Hall–Kier alpha value is -2.95. The largest absolute Gasteiger partial charge is 0.508 e. The standard InChI is InChI=1S/C25H32N2O8/c1-4-5-8-35-15-7-6-14(28)17-12(15)9-11-10-13-19(27(2)3)21(30)18(24(26)33)23(32)25(13,34)22(31)16(11)20(17)29/h6-7,11,13,18-19,21,28,30-31,34H,4-5,8-10H2,1-3H3,(H2,26,33)/t11-,13-,18?,19-,21?,25-/m0/s1. The smallest absolute Gasteiger partial charge is 0.230 e. The van der Waals surface area contributed by atoms with E-state index >= 15 is 0 Å². The number of amides is 1. The van der Waals surface area contributed by atoms with Crippen LogP contribution in [0.15, 0.2) is 23.5 Å². The van der Waals surface area contributed by atoms with Crippen LogP contribution in [-0.2, 0) is 16.0 Å². The van der Waals surface area contributed by atoms with Crippen LogP contribution in [0.25, 0.3) is 0 Å². The van der Waals surface area contributed by atoms with Gasteiger partial charge >= 0.3 is 0 Å². The molecule has 0 spiro atoms. The Morgan fingerprint density at radius 1 is 1.26 bits per heavy atom. The van der Waals surface area contributed by atoms with Gasteiger partial charge in [-0.25, -0.2) is 0 Å². The molecule has 10 heteroatoms. The van der Waals surface area contributed by atoms with Crippen molar-refractivity contribution in [2.24, 2.45) is 23.5 Å². The van der Waals surface area contributed by atoms with Crippen LogP contribution in [0.4, 0.5) is 0 Å². The van der Waals surface area contributed by atoms with Gasteiger partial charge < -0.3 is 35.8 Å². The molecule has 10 nitrogen and oxygen atoms in total. The number of ketones is 2. The maximum Gasteiger partial charge on any atom is 0.230 e. The number of phenols is 1. The highest BCUT2D eigenvalue weighted by atomic mass is 16.5. The highest BCUT2D eigenvalue weighted by molar-refractivity contribution is 6.15. The number of Topliss-reactive ketones (excluding diaryl/α,β-unsaturated/α-hetero) is 2. The van der Waals surface area contributed by atoms with Crippen molar-refractivity contribution in [1.82, 2.24) is 4.90 Å². The van der Waals surface area contributed by atoms with E-state index in [2.05, 4.69) is 0 Å². The van der Waals surface area contributed by atoms with E-state index in [1.807, 2.05) is 6.92 Å². The van der Waals surface area contributed by atoms with E-state index in [-0.39, 0.29) is 29.7 Å². The number of unbranched alkanes of at least 4 members (excludes halogenated alkanes) is 1. The molecule has 0 heterocycles. The Balaban J connectivity index is 1.87. The van der Waals surface area contributed by atoms with Crippen LogP contribution in [0, 0.1) is 17.8 Å². The zero-order valence-corrected chi connectivity index (χ0v) is 20.0. The topological polar surface area (TPSA) is 171 Å². The molecule has 2 unspecified atom stereocenters. The third-order valence-corrected chi connectivity index (χ3v) is 7.69. The molecule has 35 heavy (non-hydrogen) atoms. The molecule has 0 saturated heterocycles. The molecule has 1 aromatic rings. The van der Waals surface area contributed by atoms with Crippen LogP contribution in [0.3, 0.4) is 0 Å². The summed E-state index contributed by atoms with van der Waals surface area (Å²) in [6.45, 7) is 2.45. The number of nitrogens with zero attached hydrogens (tertiary/aromatic N) is 1. The van der Waals surface area contributed by atoms with Crippen molar-refractivity contribution >= 4 is 17.5 Å². The number of phenolic OH excluding ortho intramolecular Hbond substituents is 1. The molecule has 1 amide bonds. The summed E-state index contributed by atoms with van der Waals surface area (Å²) in [6.07, 6.45) is 0.504. The number of likely N-dealkylation sites (N-methyl/N-ethyl adjacent to an activating group) is 1. The summed E-state index contributed by atoms with van der Waals surface area (Å²) in [7, 11) is 3.24. The lowest BCUT2D eigenvalue weighted by atomic mass is 9.56. The maximum atomic E-state index is 13.6. The number of aliphatic hydroxyl groups excluding tert-OH is 2. The van der Waals surface area contributed by atoms with E-state index in [9.17, 15) is 34.8 Å². The second-order valence-electron chi connectivity index (χ2n) is 9.93. The molecule has 190 valence electrons. The van der Waals surface area contributed by atoms with Crippen molar-refractivity contribution in [2.45, 2.75) is 50.4 Å². The first-order chi connectivity index (χ1) is 16.5. The number of primary amides is 1. The van der Waals surface area contributed by atoms with Gasteiger partial charge in [0.2, 0.25) is 5.91 Å². The van der Waals surface area contributed by atoms with Gasteiger partial charge in [0.15, 0.2) is 17.2 Å². The number of aromatic hydroxyl groups is 1. The number of ether oxygens (including phenoxy) is 1. The van der Waals surface area contributed by atoms with Crippen LogP contribution in [0.5, 0.6) is 11.5 Å². The van der Waals surface area contributed by atoms with Crippen LogP contribution in [0.2, 0.25) is 0 Å². The lowest BCUT2D eigenvalue weighted by Gasteiger charge is -2.53. The summed E-state index contributed by atoms with van der Waals surface area (Å²) in [4.78, 5) is 40.5. The predicted octanol–water partition coefficient (Wildman–Crippen LogP) is 0.465. The molecule has 6 atom stereocenters. The zero-order chi connectivity index (χ0) is 25.8. The second kappa shape index (κ2) is 8.92. The number of allylic oxidation sites excluding steroid dienone is 1. The highest BCUT2D eigenvalue weighted by Crippen LogP contribution is 2.53. The third-order valence-electron chi connectivity index (χ3n) is 7.69. The first-order valence-electron chi connectivity index (χ1n) is 11.8. The predicted molar refractivity (Wildman–Crippen MR) is 124 cm³/mol. The highest BCUT2D eigenvalue weighted by Gasteiger charge is 2.66. The third kappa shape index (κ3) is 3.62. The Morgan fingerprint density at radius 2 is 1.94 bits per heavy atom. The van der Waals surface area contributed by atoms with Crippen LogP contribution < -0.4 is 10.5 Å². The number of aliphatic hydroxyl groups is 3. The number of hydrogen-bond acceptors (Lipinski definition) is 9. The second-order valence-corrected chi connectivity index (χ2v) is 9.93. The lowest BCUT2D eigenvalue weighted by molar-refractivity contribution is -0.178. The van der Waals surface area contributed by atoms with E-state index in [4.69, 9.17) is 10.5 Å². The number of carbonyl (C=O) groups excluding carboxylic acids is 3. The average Bonchev–Trinajstić information content (AvgIpc) is 2.77. The zero-order valence-electron chi connectivity index (χ0n) is 20.0. The van der Waals surface area contributed by atoms with Crippen molar-refractivity contribution in [3.05, 3.63) is 34.6 Å². The molecule has 4 rings (SSSR count). The fourth-order valence-corrected chi connectivity index (χ4v) is 6.04. The van der Waals surface area contributed by atoms with Crippen molar-refractivity contribution < 1.29 is 39.5 Å². The maximum absolute atomic E-state index is 13.6. The summed E-state index contributed by atoms with van der Waals surface area (Å²) in [5.74, 6) is -7.05. The molecule has 0 aliphatic heterocycles. The summed E-state index contributed by atoms with van der Waals surface area (Å²) < 4.78 is 5.87. The van der Waals surface area contributed by atoms with Gasteiger partial charge in [0.25, 0.3) is 0 Å². The first kappa shape index (κ1) is 25.2. The van der Waals surface area contributed by atoms with Gasteiger partial charge in [-0.15, -0.1) is 0 Å². The van der Waals surface area contributed by atoms with Crippen LogP contribution >= 0.6 is 0 Å². The van der Waals surface area contributed by atoms with E-state index in [1.54, 1.807) is 25.1 Å². The van der Waals surface area contributed by atoms with Gasteiger partial charge in [-0.3, -0.25) is 14.4 Å². The lowest BCUT2D eigenvalue weighted by Crippen LogP contribution is -2.71. The minimum Gasteiger partial charge on any atom is -0.508 e. The van der Waals surface area contributed by atoms with E-state index < -0.39 is 58.7 Å². The fourth-order valence-electron chi connectivity index (χ4n) is 6.04. The molecule has 0 radical (unpaired) electrons. The first-order valence-corrected chi connectivity index (χ1v) is 11.8. The number of carbonyl (C=O) groups is 3. The summed E-state index contributed by atoms with van der Waals surface area (Å²) in [6, 6.07) is 2.03. The molecule has 1 fully saturated rings. The minimum absolute atomic E-state index is 0.0437. The summed E-state index contributed by atoms with van der Waals surface area (Å²) in [5, 5.41) is 44.3. The van der Waals surface area contributed by atoms with Crippen molar-refractivity contribution in [1.29, 1.82) is 0 Å². The number of rotatable bonds is 6. The molecule has 1 saturated carbocycles. The van der Waals surface area contributed by atoms with E-state index in [0.29, 0.717) is 17.9 Å². The molecule has 3 aliphatic rings. The van der Waals surface area contributed by atoms with Gasteiger partial charge in [-0.2, -0.15) is 0 Å². The summed E-state index contributed by atoms with van der Waals surface area (Å²) >= 11 is 0. The Morgan fingerprint density at radius 3 is 2.54 bits per heavy atom. The monoisotopic (exact) mass is 488 g/mol. The van der Waals surface area contributed by atoms with Crippen LogP contribution in [-0.4, -0.2) is 81.2 Å². The minimum atomic E-state index is -2.59. The molecule has 6 N–H and O–H groups in total. The molecule has 0 bridgehead atoms. The van der Waals surface area contributed by atoms with E-state index in [1.165, 1.54) is 6.07 Å². The molecule has 1 aromatic carbocycles. The van der Waals surface area contributed by atoms with E-state index in [0.717, 1.165) is 12.8 Å². The Labute approximate surface area is 203 Å². The SMILES string of the molecule is CCCCOc1ccc(O)c2c1C[C@H]1C[C@H]3[C@H](N(C)C)C(O)C(C(N)=O)C(=O)[C@@]3(O)C(O)=C1C2=O. The Kier molecular flexibility index (Phi) is 6.41. The quantitative estimate of drug-likeness (QED) is 0.282. The van der Waals surface area contributed by atoms with Crippen molar-refractivity contribution in [3.8, 4) is 11.5 Å². The van der Waals surface area contributed by atoms with Gasteiger partial charge in [0, 0.05) is 23.1 Å². The van der Waals surface area contributed by atoms with Gasteiger partial charge in [0.05, 0.1) is 18.3 Å². The molecule has 0 aromatic heterocycles. The average molecular weight is 489 g/mol. The van der Waals surface area contributed by atoms with Crippen molar-refractivity contribution in [2.75, 3.05) is 20.7 Å². The number of benzene rings is 1. The van der Waals surface area contributed by atoms with Gasteiger partial charge in [0.1, 0.15) is 23.2 Å². The van der Waals surface area contributed by atoms with Gasteiger partial charge in [-0.1, -0.05) is 13.3 Å². The number of hydrogen-bond donors (Lipinski definition) is 5. The molecule has 3 aliphatic carbocycles. The normalized spacial score (nSPS) is 32.2. The Bertz CT molecular complexity index is 1110.